The number of likely N-dealkylation sites (N-methyl/N-ethyl adjacent to an activating group) is 1. The number of halogens is 1. The Morgan fingerprint density at radius 2 is 2.20 bits per heavy atom. The zero-order chi connectivity index (χ0) is 17.4. The van der Waals surface area contributed by atoms with Gasteiger partial charge in [-0.1, -0.05) is 48.0 Å². The van der Waals surface area contributed by atoms with E-state index in [0.717, 1.165) is 42.9 Å². The van der Waals surface area contributed by atoms with Gasteiger partial charge in [0.1, 0.15) is 16.8 Å². The molecule has 25 heavy (non-hydrogen) atoms. The molecule has 1 aromatic rings. The molecular formula is C20H19ClN4. The molecule has 0 bridgehead atoms. The summed E-state index contributed by atoms with van der Waals surface area (Å²) < 4.78 is 0. The molecule has 3 aliphatic rings. The molecular weight excluding hydrogens is 332 g/mol. The van der Waals surface area contributed by atoms with Crippen LogP contribution in [0, 0.1) is 11.3 Å². The Bertz CT molecular complexity index is 887. The number of nitriles is 1. The van der Waals surface area contributed by atoms with Crippen molar-refractivity contribution in [1.82, 2.24) is 10.2 Å². The number of rotatable bonds is 1. The number of aliphatic imine (C=N–C) groups is 1. The van der Waals surface area contributed by atoms with Gasteiger partial charge in [0, 0.05) is 13.6 Å². The highest BCUT2D eigenvalue weighted by Gasteiger charge is 2.44. The van der Waals surface area contributed by atoms with Crippen molar-refractivity contribution in [2.45, 2.75) is 24.8 Å². The normalized spacial score (nSPS) is 25.1. The maximum absolute atomic E-state index is 9.82. The molecule has 0 amide bonds. The molecule has 1 aromatic carbocycles. The number of benzene rings is 1. The number of allylic oxidation sites excluding steroid dienone is 2. The van der Waals surface area contributed by atoms with Crippen LogP contribution >= 0.6 is 11.6 Å². The van der Waals surface area contributed by atoms with E-state index in [4.69, 9.17) is 16.6 Å². The van der Waals surface area contributed by atoms with Gasteiger partial charge in [0.2, 0.25) is 0 Å². The minimum atomic E-state index is -0.690. The maximum atomic E-state index is 9.82. The second kappa shape index (κ2) is 6.09. The lowest BCUT2D eigenvalue weighted by Gasteiger charge is -2.40. The van der Waals surface area contributed by atoms with Gasteiger partial charge in [0.15, 0.2) is 5.84 Å². The lowest BCUT2D eigenvalue weighted by atomic mass is 9.72. The van der Waals surface area contributed by atoms with Crippen molar-refractivity contribution in [3.8, 4) is 6.07 Å². The van der Waals surface area contributed by atoms with Crippen LogP contribution < -0.4 is 5.32 Å². The van der Waals surface area contributed by atoms with Crippen LogP contribution in [0.3, 0.4) is 0 Å². The standard InChI is InChI=1S/C20H19ClN4/c1-25-12-5-4-10-17(25)19-23-18(21)16(13-22)20(24-19)11-6-8-14-7-2-3-9-15(14)20/h2-5,7,9-10H,6,8,11-12H2,1H3,(H,23,24). The van der Waals surface area contributed by atoms with Crippen molar-refractivity contribution >= 4 is 17.4 Å². The van der Waals surface area contributed by atoms with Crippen LogP contribution in [-0.4, -0.2) is 24.3 Å². The number of nitrogens with one attached hydrogen (secondary N) is 1. The topological polar surface area (TPSA) is 51.4 Å². The van der Waals surface area contributed by atoms with Crippen LogP contribution in [0.25, 0.3) is 0 Å². The molecule has 2 heterocycles. The summed E-state index contributed by atoms with van der Waals surface area (Å²) in [7, 11) is 2.03. The molecule has 0 saturated carbocycles. The Hall–Kier alpha value is -2.51. The van der Waals surface area contributed by atoms with E-state index in [1.54, 1.807) is 0 Å². The Labute approximate surface area is 152 Å². The van der Waals surface area contributed by atoms with Crippen LogP contribution in [0.5, 0.6) is 0 Å². The first-order chi connectivity index (χ1) is 12.2. The first-order valence-electron chi connectivity index (χ1n) is 8.49. The third-order valence-corrected chi connectivity index (χ3v) is 5.43. The van der Waals surface area contributed by atoms with Gasteiger partial charge < -0.3 is 10.2 Å². The number of nitrogens with zero attached hydrogens (tertiary/aromatic N) is 3. The Morgan fingerprint density at radius 1 is 1.36 bits per heavy atom. The van der Waals surface area contributed by atoms with Gasteiger partial charge >= 0.3 is 0 Å². The first kappa shape index (κ1) is 16.0. The number of hydrogen-bond donors (Lipinski definition) is 1. The predicted octanol–water partition coefficient (Wildman–Crippen LogP) is 3.58. The summed E-state index contributed by atoms with van der Waals surface area (Å²) in [6, 6.07) is 10.6. The van der Waals surface area contributed by atoms with Crippen LogP contribution in [-0.2, 0) is 12.0 Å². The fourth-order valence-electron chi connectivity index (χ4n) is 3.94. The molecule has 0 radical (unpaired) electrons. The predicted molar refractivity (Wildman–Crippen MR) is 100.0 cm³/mol. The van der Waals surface area contributed by atoms with E-state index in [1.165, 1.54) is 5.56 Å². The Kier molecular flexibility index (Phi) is 3.89. The average molecular weight is 351 g/mol. The van der Waals surface area contributed by atoms with E-state index in [1.807, 2.05) is 31.3 Å². The highest BCUT2D eigenvalue weighted by atomic mass is 35.5. The first-order valence-corrected chi connectivity index (χ1v) is 8.87. The average Bonchev–Trinajstić information content (AvgIpc) is 2.62. The molecule has 0 fully saturated rings. The molecule has 1 unspecified atom stereocenters. The van der Waals surface area contributed by atoms with Gasteiger partial charge in [-0.3, -0.25) is 0 Å². The van der Waals surface area contributed by atoms with Crippen LogP contribution in [0.4, 0.5) is 0 Å². The molecule has 4 rings (SSSR count). The van der Waals surface area contributed by atoms with Crippen molar-refractivity contribution in [1.29, 1.82) is 5.26 Å². The molecule has 1 spiro atoms. The summed E-state index contributed by atoms with van der Waals surface area (Å²) in [5.41, 5.74) is 3.16. The van der Waals surface area contributed by atoms with Crippen molar-refractivity contribution < 1.29 is 0 Å². The van der Waals surface area contributed by atoms with E-state index < -0.39 is 5.54 Å². The van der Waals surface area contributed by atoms with Gasteiger partial charge in [-0.05, 0) is 36.5 Å². The van der Waals surface area contributed by atoms with E-state index in [-0.39, 0.29) is 0 Å². The highest BCUT2D eigenvalue weighted by Crippen LogP contribution is 2.47. The quantitative estimate of drug-likeness (QED) is 0.788. The molecule has 2 aliphatic heterocycles. The van der Waals surface area contributed by atoms with Crippen LogP contribution in [0.2, 0.25) is 0 Å². The molecule has 1 N–H and O–H groups in total. The fraction of sp³-hybridized carbons (Fsp3) is 0.300. The number of fused-ring (bicyclic) bond motifs is 2. The molecule has 4 nitrogen and oxygen atoms in total. The molecule has 126 valence electrons. The summed E-state index contributed by atoms with van der Waals surface area (Å²) in [5.74, 6) is 0.729. The summed E-state index contributed by atoms with van der Waals surface area (Å²) in [6.45, 7) is 0.822. The van der Waals surface area contributed by atoms with E-state index in [0.29, 0.717) is 10.7 Å². The van der Waals surface area contributed by atoms with E-state index >= 15 is 0 Å². The largest absolute Gasteiger partial charge is 0.368 e. The molecule has 1 aliphatic carbocycles. The lowest BCUT2D eigenvalue weighted by Crippen LogP contribution is -2.43. The molecule has 0 aromatic heterocycles. The maximum Gasteiger partial charge on any atom is 0.151 e. The molecule has 5 heteroatoms. The van der Waals surface area contributed by atoms with Gasteiger partial charge in [0.25, 0.3) is 0 Å². The summed E-state index contributed by atoms with van der Waals surface area (Å²) in [6.07, 6.45) is 8.94. The van der Waals surface area contributed by atoms with Crippen molar-refractivity contribution in [3.05, 3.63) is 70.0 Å². The van der Waals surface area contributed by atoms with Crippen molar-refractivity contribution in [3.63, 3.8) is 0 Å². The molecule has 1 atom stereocenters. The van der Waals surface area contributed by atoms with Crippen LogP contribution in [0.15, 0.2) is 63.9 Å². The summed E-state index contributed by atoms with van der Waals surface area (Å²) in [5, 5.41) is 13.3. The smallest absolute Gasteiger partial charge is 0.151 e. The lowest BCUT2D eigenvalue weighted by molar-refractivity contribution is 0.430. The highest BCUT2D eigenvalue weighted by molar-refractivity contribution is 6.32. The zero-order valence-corrected chi connectivity index (χ0v) is 14.8. The third kappa shape index (κ3) is 2.47. The summed E-state index contributed by atoms with van der Waals surface area (Å²) >= 11 is 6.54. The second-order valence-electron chi connectivity index (χ2n) is 6.62. The Morgan fingerprint density at radius 3 is 3.00 bits per heavy atom. The van der Waals surface area contributed by atoms with Gasteiger partial charge in [-0.25, -0.2) is 4.99 Å². The van der Waals surface area contributed by atoms with Crippen molar-refractivity contribution in [2.24, 2.45) is 4.99 Å². The minimum Gasteiger partial charge on any atom is -0.368 e. The second-order valence-corrected chi connectivity index (χ2v) is 7.00. The number of amidine groups is 1. The number of aryl methyl sites for hydroxylation is 1. The zero-order valence-electron chi connectivity index (χ0n) is 14.1. The van der Waals surface area contributed by atoms with E-state index in [2.05, 4.69) is 34.5 Å². The van der Waals surface area contributed by atoms with Crippen molar-refractivity contribution in [2.75, 3.05) is 13.6 Å². The van der Waals surface area contributed by atoms with Crippen LogP contribution in [0.1, 0.15) is 24.0 Å². The summed E-state index contributed by atoms with van der Waals surface area (Å²) in [4.78, 5) is 7.21. The third-order valence-electron chi connectivity index (χ3n) is 5.15. The molecule has 0 saturated heterocycles. The Balaban J connectivity index is 1.93. The SMILES string of the molecule is CN1CC=CC=C1C1=NC2(CCCc3ccccc32)C(C#N)=C(Cl)N1. The number of hydrogen-bond acceptors (Lipinski definition) is 4. The van der Waals surface area contributed by atoms with Gasteiger partial charge in [0.05, 0.1) is 11.3 Å². The van der Waals surface area contributed by atoms with E-state index in [9.17, 15) is 5.26 Å². The monoisotopic (exact) mass is 350 g/mol. The van der Waals surface area contributed by atoms with Gasteiger partial charge in [-0.15, -0.1) is 0 Å². The van der Waals surface area contributed by atoms with Gasteiger partial charge in [-0.2, -0.15) is 5.26 Å². The fourth-order valence-corrected chi connectivity index (χ4v) is 4.22. The minimum absolute atomic E-state index is 0.382.